The lowest BCUT2D eigenvalue weighted by molar-refractivity contribution is 0.314. The molecule has 2 heterocycles. The fourth-order valence-electron chi connectivity index (χ4n) is 2.14. The van der Waals surface area contributed by atoms with Gasteiger partial charge in [-0.05, 0) is 38.4 Å². The molecule has 0 radical (unpaired) electrons. The summed E-state index contributed by atoms with van der Waals surface area (Å²) in [6.07, 6.45) is 1.02. The second-order valence-electron chi connectivity index (χ2n) is 4.42. The number of hydrogen-bond donors (Lipinski definition) is 1. The van der Waals surface area contributed by atoms with Gasteiger partial charge >= 0.3 is 0 Å². The Hall–Kier alpha value is -1.17. The fourth-order valence-corrected chi connectivity index (χ4v) is 3.97. The summed E-state index contributed by atoms with van der Waals surface area (Å²) in [6.45, 7) is 3.78. The van der Waals surface area contributed by atoms with Crippen LogP contribution in [-0.2, 0) is 0 Å². The van der Waals surface area contributed by atoms with Gasteiger partial charge in [0, 0.05) is 11.5 Å². The van der Waals surface area contributed by atoms with E-state index >= 15 is 0 Å². The molecule has 0 aliphatic heterocycles. The van der Waals surface area contributed by atoms with E-state index in [9.17, 15) is 0 Å². The highest BCUT2D eigenvalue weighted by molar-refractivity contribution is 7.21. The van der Waals surface area contributed by atoms with Crippen LogP contribution in [0, 0.1) is 6.92 Å². The molecule has 100 valence electrons. The molecule has 3 nitrogen and oxygen atoms in total. The van der Waals surface area contributed by atoms with E-state index in [1.165, 1.54) is 14.8 Å². The molecule has 1 N–H and O–H groups in total. The Balaban J connectivity index is 1.99. The van der Waals surface area contributed by atoms with Gasteiger partial charge in [0.25, 0.3) is 0 Å². The van der Waals surface area contributed by atoms with Crippen molar-refractivity contribution in [3.63, 3.8) is 0 Å². The molecular formula is C14H16N2OS2. The third kappa shape index (κ3) is 2.45. The van der Waals surface area contributed by atoms with E-state index in [1.54, 1.807) is 22.7 Å². The Labute approximate surface area is 120 Å². The largest absolute Gasteiger partial charge is 0.493 e. The van der Waals surface area contributed by atoms with E-state index in [4.69, 9.17) is 4.74 Å². The first-order valence-corrected chi connectivity index (χ1v) is 8.04. The maximum Gasteiger partial charge on any atom is 0.129 e. The van der Waals surface area contributed by atoms with Crippen LogP contribution in [0.3, 0.4) is 0 Å². The van der Waals surface area contributed by atoms with E-state index in [0.717, 1.165) is 35.8 Å². The van der Waals surface area contributed by atoms with Crippen LogP contribution >= 0.6 is 22.7 Å². The van der Waals surface area contributed by atoms with Crippen molar-refractivity contribution < 1.29 is 4.74 Å². The number of benzene rings is 1. The molecule has 1 aromatic carbocycles. The summed E-state index contributed by atoms with van der Waals surface area (Å²) in [4.78, 5) is 4.63. The molecule has 5 heteroatoms. The molecule has 19 heavy (non-hydrogen) atoms. The van der Waals surface area contributed by atoms with Crippen molar-refractivity contribution in [1.82, 2.24) is 10.3 Å². The molecule has 0 fully saturated rings. The van der Waals surface area contributed by atoms with Crippen LogP contribution in [0.15, 0.2) is 17.5 Å². The van der Waals surface area contributed by atoms with Crippen molar-refractivity contribution >= 4 is 43.0 Å². The average Bonchev–Trinajstić information content (AvgIpc) is 2.99. The summed E-state index contributed by atoms with van der Waals surface area (Å²) in [5.41, 5.74) is 1.12. The quantitative estimate of drug-likeness (QED) is 0.726. The first-order valence-electron chi connectivity index (χ1n) is 6.34. The lowest BCUT2D eigenvalue weighted by Gasteiger charge is -2.07. The smallest absolute Gasteiger partial charge is 0.129 e. The lowest BCUT2D eigenvalue weighted by Crippen LogP contribution is -2.11. The Morgan fingerprint density at radius 3 is 3.16 bits per heavy atom. The van der Waals surface area contributed by atoms with Gasteiger partial charge in [-0.2, -0.15) is 0 Å². The number of thiophene rings is 1. The molecule has 0 aliphatic rings. The highest BCUT2D eigenvalue weighted by atomic mass is 32.1. The number of nitrogens with zero attached hydrogens (tertiary/aromatic N) is 1. The summed E-state index contributed by atoms with van der Waals surface area (Å²) in [5, 5.41) is 7.54. The Bertz CT molecular complexity index is 702. The third-order valence-corrected chi connectivity index (χ3v) is 4.84. The molecular weight excluding hydrogens is 276 g/mol. The van der Waals surface area contributed by atoms with Crippen LogP contribution in [-0.4, -0.2) is 25.2 Å². The number of fused-ring (bicyclic) bond motifs is 3. The van der Waals surface area contributed by atoms with Gasteiger partial charge in [0.2, 0.25) is 0 Å². The lowest BCUT2D eigenvalue weighted by atomic mass is 10.2. The third-order valence-electron chi connectivity index (χ3n) is 3.00. The number of hydrogen-bond acceptors (Lipinski definition) is 5. The van der Waals surface area contributed by atoms with Crippen molar-refractivity contribution in [2.75, 3.05) is 20.2 Å². The van der Waals surface area contributed by atoms with E-state index in [-0.39, 0.29) is 0 Å². The van der Waals surface area contributed by atoms with Crippen LogP contribution in [0.25, 0.3) is 20.3 Å². The van der Waals surface area contributed by atoms with Crippen LogP contribution < -0.4 is 10.1 Å². The Morgan fingerprint density at radius 1 is 1.42 bits per heavy atom. The number of thiazole rings is 1. The van der Waals surface area contributed by atoms with E-state index in [1.807, 2.05) is 7.05 Å². The van der Waals surface area contributed by atoms with Crippen LogP contribution in [0.5, 0.6) is 5.75 Å². The van der Waals surface area contributed by atoms with Crippen molar-refractivity contribution in [3.05, 3.63) is 22.5 Å². The van der Waals surface area contributed by atoms with Gasteiger partial charge in [0.1, 0.15) is 5.75 Å². The molecule has 2 aromatic heterocycles. The Kier molecular flexibility index (Phi) is 3.68. The standard InChI is InChI=1S/C14H16N2OS2/c1-9-16-13-12(19-9)8-11(17-6-3-5-15-2)10-4-7-18-14(10)13/h4,7-8,15H,3,5-6H2,1-2H3. The zero-order valence-electron chi connectivity index (χ0n) is 11.0. The maximum absolute atomic E-state index is 5.94. The van der Waals surface area contributed by atoms with Gasteiger partial charge in [-0.3, -0.25) is 0 Å². The molecule has 0 spiro atoms. The summed E-state index contributed by atoms with van der Waals surface area (Å²) in [5.74, 6) is 0.989. The summed E-state index contributed by atoms with van der Waals surface area (Å²) >= 11 is 3.47. The molecule has 0 saturated heterocycles. The molecule has 0 unspecified atom stereocenters. The van der Waals surface area contributed by atoms with Gasteiger partial charge in [0.05, 0.1) is 26.5 Å². The van der Waals surface area contributed by atoms with Crippen molar-refractivity contribution in [1.29, 1.82) is 0 Å². The zero-order chi connectivity index (χ0) is 13.2. The highest BCUT2D eigenvalue weighted by Gasteiger charge is 2.12. The van der Waals surface area contributed by atoms with E-state index in [0.29, 0.717) is 0 Å². The van der Waals surface area contributed by atoms with E-state index in [2.05, 4.69) is 34.7 Å². The first kappa shape index (κ1) is 12.8. The average molecular weight is 292 g/mol. The number of aryl methyl sites for hydroxylation is 1. The second kappa shape index (κ2) is 5.45. The van der Waals surface area contributed by atoms with Gasteiger partial charge < -0.3 is 10.1 Å². The zero-order valence-corrected chi connectivity index (χ0v) is 12.7. The SMILES string of the molecule is CNCCCOc1cc2sc(C)nc2c2sccc12. The monoisotopic (exact) mass is 292 g/mol. The summed E-state index contributed by atoms with van der Waals surface area (Å²) < 4.78 is 8.40. The minimum atomic E-state index is 0.745. The Morgan fingerprint density at radius 2 is 2.32 bits per heavy atom. The number of ether oxygens (including phenoxy) is 1. The molecule has 0 bridgehead atoms. The van der Waals surface area contributed by atoms with Gasteiger partial charge in [0.15, 0.2) is 0 Å². The van der Waals surface area contributed by atoms with Crippen molar-refractivity contribution in [2.24, 2.45) is 0 Å². The van der Waals surface area contributed by atoms with Crippen LogP contribution in [0.4, 0.5) is 0 Å². The van der Waals surface area contributed by atoms with Gasteiger partial charge in [-0.1, -0.05) is 0 Å². The summed E-state index contributed by atoms with van der Waals surface area (Å²) in [6, 6.07) is 4.26. The second-order valence-corrected chi connectivity index (χ2v) is 6.57. The number of rotatable bonds is 5. The predicted molar refractivity (Wildman–Crippen MR) is 83.8 cm³/mol. The summed E-state index contributed by atoms with van der Waals surface area (Å²) in [7, 11) is 1.96. The predicted octanol–water partition coefficient (Wildman–Crippen LogP) is 3.81. The van der Waals surface area contributed by atoms with Crippen LogP contribution in [0.1, 0.15) is 11.4 Å². The molecule has 3 rings (SSSR count). The van der Waals surface area contributed by atoms with Gasteiger partial charge in [-0.25, -0.2) is 4.98 Å². The molecule has 0 atom stereocenters. The van der Waals surface area contributed by atoms with E-state index < -0.39 is 0 Å². The number of aromatic nitrogens is 1. The fraction of sp³-hybridized carbons (Fsp3) is 0.357. The normalized spacial score (nSPS) is 11.5. The topological polar surface area (TPSA) is 34.1 Å². The highest BCUT2D eigenvalue weighted by Crippen LogP contribution is 2.38. The number of nitrogens with one attached hydrogen (secondary N) is 1. The van der Waals surface area contributed by atoms with Crippen molar-refractivity contribution in [2.45, 2.75) is 13.3 Å². The molecule has 0 aliphatic carbocycles. The van der Waals surface area contributed by atoms with Gasteiger partial charge in [-0.15, -0.1) is 22.7 Å². The molecule has 0 saturated carbocycles. The van der Waals surface area contributed by atoms with Crippen molar-refractivity contribution in [3.8, 4) is 5.75 Å². The minimum absolute atomic E-state index is 0.745. The molecule has 0 amide bonds. The van der Waals surface area contributed by atoms with Crippen LogP contribution in [0.2, 0.25) is 0 Å². The molecule has 3 aromatic rings. The minimum Gasteiger partial charge on any atom is -0.493 e. The maximum atomic E-state index is 5.94. The first-order chi connectivity index (χ1) is 9.29.